The highest BCUT2D eigenvalue weighted by molar-refractivity contribution is 6.30. The van der Waals surface area contributed by atoms with Crippen molar-refractivity contribution in [2.75, 3.05) is 19.9 Å². The molecule has 0 N–H and O–H groups in total. The number of hydrogen-bond donors (Lipinski definition) is 0. The minimum absolute atomic E-state index is 0.305. The van der Waals surface area contributed by atoms with Crippen LogP contribution in [-0.4, -0.2) is 24.8 Å². The molecule has 0 saturated carbocycles. The summed E-state index contributed by atoms with van der Waals surface area (Å²) in [5, 5.41) is 0.761. The fraction of sp³-hybridized carbons (Fsp3) is 0.280. The first kappa shape index (κ1) is 20.6. The molecule has 30 heavy (non-hydrogen) atoms. The summed E-state index contributed by atoms with van der Waals surface area (Å²) in [5.74, 6) is 2.57. The molecule has 1 heterocycles. The summed E-state index contributed by atoms with van der Waals surface area (Å²) in [6, 6.07) is 22.6. The summed E-state index contributed by atoms with van der Waals surface area (Å²) in [6.07, 6.45) is 0.932. The van der Waals surface area contributed by atoms with E-state index in [0.717, 1.165) is 48.3 Å². The third kappa shape index (κ3) is 5.47. The molecule has 0 bridgehead atoms. The molecule has 0 fully saturated rings. The molecule has 3 aromatic carbocycles. The Morgan fingerprint density at radius 3 is 2.17 bits per heavy atom. The number of rotatable bonds is 9. The zero-order valence-electron chi connectivity index (χ0n) is 17.1. The molecule has 0 atom stereocenters. The molecule has 156 valence electrons. The summed E-state index contributed by atoms with van der Waals surface area (Å²) in [7, 11) is 0. The van der Waals surface area contributed by atoms with Gasteiger partial charge in [-0.05, 0) is 66.4 Å². The molecule has 0 radical (unpaired) electrons. The second-order valence-corrected chi connectivity index (χ2v) is 7.79. The predicted molar refractivity (Wildman–Crippen MR) is 119 cm³/mol. The molecule has 1 aliphatic heterocycles. The van der Waals surface area contributed by atoms with Crippen LogP contribution in [0.2, 0.25) is 5.02 Å². The summed E-state index contributed by atoms with van der Waals surface area (Å²) in [5.41, 5.74) is 3.75. The smallest absolute Gasteiger partial charge is 0.231 e. The Labute approximate surface area is 182 Å². The number of hydrogen-bond acceptors (Lipinski definition) is 4. The zero-order chi connectivity index (χ0) is 20.8. The second kappa shape index (κ2) is 9.88. The van der Waals surface area contributed by atoms with Crippen LogP contribution in [-0.2, 0) is 19.5 Å². The van der Waals surface area contributed by atoms with E-state index < -0.39 is 0 Å². The van der Waals surface area contributed by atoms with Crippen LogP contribution in [0.1, 0.15) is 23.6 Å². The number of fused-ring (bicyclic) bond motifs is 1. The Morgan fingerprint density at radius 1 is 0.833 bits per heavy atom. The van der Waals surface area contributed by atoms with E-state index in [-0.39, 0.29) is 0 Å². The van der Waals surface area contributed by atoms with Gasteiger partial charge in [0.1, 0.15) is 5.75 Å². The topological polar surface area (TPSA) is 30.9 Å². The van der Waals surface area contributed by atoms with E-state index in [1.54, 1.807) is 0 Å². The zero-order valence-corrected chi connectivity index (χ0v) is 17.9. The van der Waals surface area contributed by atoms with Crippen molar-refractivity contribution < 1.29 is 14.2 Å². The van der Waals surface area contributed by atoms with Crippen LogP contribution >= 0.6 is 11.6 Å². The highest BCUT2D eigenvalue weighted by Crippen LogP contribution is 2.32. The Bertz CT molecular complexity index is 957. The lowest BCUT2D eigenvalue weighted by atomic mass is 10.1. The van der Waals surface area contributed by atoms with E-state index in [1.165, 1.54) is 16.7 Å². The summed E-state index contributed by atoms with van der Waals surface area (Å²) in [6.45, 7) is 5.62. The lowest BCUT2D eigenvalue weighted by molar-refractivity contribution is 0.174. The third-order valence-electron chi connectivity index (χ3n) is 5.11. The van der Waals surface area contributed by atoms with Crippen molar-refractivity contribution in [1.82, 2.24) is 4.90 Å². The van der Waals surface area contributed by atoms with E-state index in [2.05, 4.69) is 41.3 Å². The summed E-state index contributed by atoms with van der Waals surface area (Å²) < 4.78 is 16.5. The van der Waals surface area contributed by atoms with E-state index in [0.29, 0.717) is 13.4 Å². The molecule has 0 unspecified atom stereocenters. The average molecular weight is 424 g/mol. The summed E-state index contributed by atoms with van der Waals surface area (Å²) in [4.78, 5) is 2.45. The largest absolute Gasteiger partial charge is 0.494 e. The van der Waals surface area contributed by atoms with Crippen LogP contribution < -0.4 is 14.2 Å². The van der Waals surface area contributed by atoms with Crippen LogP contribution in [0.5, 0.6) is 17.2 Å². The van der Waals surface area contributed by atoms with Crippen LogP contribution in [0.4, 0.5) is 0 Å². The maximum Gasteiger partial charge on any atom is 0.231 e. The van der Waals surface area contributed by atoms with Crippen LogP contribution in [0, 0.1) is 0 Å². The van der Waals surface area contributed by atoms with Crippen molar-refractivity contribution in [3.05, 3.63) is 88.4 Å². The standard InChI is InChI=1S/C25H26ClNO3/c1-2-28-23-10-5-21(6-11-23)17-27(16-20-3-8-22(26)9-4-20)14-13-19-7-12-24-25(15-19)30-18-29-24/h3-12,15H,2,13-14,16-18H2,1H3. The molecule has 0 amide bonds. The lowest BCUT2D eigenvalue weighted by Crippen LogP contribution is -2.25. The lowest BCUT2D eigenvalue weighted by Gasteiger charge is -2.23. The average Bonchev–Trinajstić information content (AvgIpc) is 3.23. The van der Waals surface area contributed by atoms with Gasteiger partial charge in [-0.25, -0.2) is 0 Å². The van der Waals surface area contributed by atoms with Gasteiger partial charge in [-0.2, -0.15) is 0 Å². The van der Waals surface area contributed by atoms with Crippen molar-refractivity contribution in [1.29, 1.82) is 0 Å². The SMILES string of the molecule is CCOc1ccc(CN(CCc2ccc3c(c2)OCO3)Cc2ccc(Cl)cc2)cc1. The first-order chi connectivity index (χ1) is 14.7. The van der Waals surface area contributed by atoms with Gasteiger partial charge >= 0.3 is 0 Å². The number of benzene rings is 3. The minimum Gasteiger partial charge on any atom is -0.494 e. The van der Waals surface area contributed by atoms with Crippen LogP contribution in [0.3, 0.4) is 0 Å². The van der Waals surface area contributed by atoms with Gasteiger partial charge in [0.15, 0.2) is 11.5 Å². The molecule has 0 aliphatic carbocycles. The predicted octanol–water partition coefficient (Wildman–Crippen LogP) is 5.71. The van der Waals surface area contributed by atoms with Gasteiger partial charge in [-0.1, -0.05) is 41.9 Å². The Morgan fingerprint density at radius 2 is 1.47 bits per heavy atom. The number of ether oxygens (including phenoxy) is 3. The van der Waals surface area contributed by atoms with Gasteiger partial charge in [-0.3, -0.25) is 4.90 Å². The molecule has 0 aromatic heterocycles. The molecule has 1 aliphatic rings. The van der Waals surface area contributed by atoms with E-state index in [1.807, 2.05) is 37.3 Å². The van der Waals surface area contributed by atoms with Crippen molar-refractivity contribution in [3.63, 3.8) is 0 Å². The first-order valence-corrected chi connectivity index (χ1v) is 10.6. The van der Waals surface area contributed by atoms with Crippen molar-refractivity contribution in [2.24, 2.45) is 0 Å². The molecular formula is C25H26ClNO3. The van der Waals surface area contributed by atoms with Gasteiger partial charge in [0.25, 0.3) is 0 Å². The van der Waals surface area contributed by atoms with E-state index >= 15 is 0 Å². The highest BCUT2D eigenvalue weighted by atomic mass is 35.5. The van der Waals surface area contributed by atoms with Crippen LogP contribution in [0.25, 0.3) is 0 Å². The summed E-state index contributed by atoms with van der Waals surface area (Å²) >= 11 is 6.06. The van der Waals surface area contributed by atoms with E-state index in [4.69, 9.17) is 25.8 Å². The minimum atomic E-state index is 0.305. The van der Waals surface area contributed by atoms with E-state index in [9.17, 15) is 0 Å². The quantitative estimate of drug-likeness (QED) is 0.441. The first-order valence-electron chi connectivity index (χ1n) is 10.3. The van der Waals surface area contributed by atoms with Crippen LogP contribution in [0.15, 0.2) is 66.7 Å². The van der Waals surface area contributed by atoms with Crippen molar-refractivity contribution >= 4 is 11.6 Å². The normalized spacial score (nSPS) is 12.4. The molecule has 4 rings (SSSR count). The van der Waals surface area contributed by atoms with Gasteiger partial charge in [0.2, 0.25) is 6.79 Å². The number of halogens is 1. The monoisotopic (exact) mass is 423 g/mol. The fourth-order valence-corrected chi connectivity index (χ4v) is 3.69. The van der Waals surface area contributed by atoms with Gasteiger partial charge in [0.05, 0.1) is 6.61 Å². The maximum atomic E-state index is 6.06. The third-order valence-corrected chi connectivity index (χ3v) is 5.37. The Kier molecular flexibility index (Phi) is 6.77. The Hall–Kier alpha value is -2.69. The molecule has 3 aromatic rings. The molecular weight excluding hydrogens is 398 g/mol. The van der Waals surface area contributed by atoms with Gasteiger partial charge in [0, 0.05) is 24.7 Å². The molecule has 0 saturated heterocycles. The molecule has 0 spiro atoms. The highest BCUT2D eigenvalue weighted by Gasteiger charge is 2.14. The van der Waals surface area contributed by atoms with Gasteiger partial charge in [-0.15, -0.1) is 0 Å². The van der Waals surface area contributed by atoms with Gasteiger partial charge < -0.3 is 14.2 Å². The van der Waals surface area contributed by atoms with Crippen molar-refractivity contribution in [3.8, 4) is 17.2 Å². The Balaban J connectivity index is 1.45. The molecule has 5 heteroatoms. The fourth-order valence-electron chi connectivity index (χ4n) is 3.56. The second-order valence-electron chi connectivity index (χ2n) is 7.35. The molecule has 4 nitrogen and oxygen atoms in total. The van der Waals surface area contributed by atoms with Crippen molar-refractivity contribution in [2.45, 2.75) is 26.4 Å². The maximum absolute atomic E-state index is 6.06. The number of nitrogens with zero attached hydrogens (tertiary/aromatic N) is 1.